The van der Waals surface area contributed by atoms with Gasteiger partial charge in [0.05, 0.1) is 24.2 Å². The van der Waals surface area contributed by atoms with Crippen molar-refractivity contribution < 1.29 is 19.1 Å². The molecule has 1 aliphatic heterocycles. The van der Waals surface area contributed by atoms with E-state index in [4.69, 9.17) is 16.3 Å². The summed E-state index contributed by atoms with van der Waals surface area (Å²) in [5, 5.41) is 20.3. The van der Waals surface area contributed by atoms with Gasteiger partial charge in [-0.2, -0.15) is 4.68 Å². The number of fused-ring (bicyclic) bond motifs is 4. The summed E-state index contributed by atoms with van der Waals surface area (Å²) in [5.74, 6) is -0.637. The summed E-state index contributed by atoms with van der Waals surface area (Å²) in [6, 6.07) is 12.1. The van der Waals surface area contributed by atoms with Crippen molar-refractivity contribution in [3.05, 3.63) is 77.3 Å². The number of carbonyl (C=O) groups is 3. The Hall–Kier alpha value is -5.10. The molecule has 0 saturated carbocycles. The maximum Gasteiger partial charge on any atom is 0.411 e. The van der Waals surface area contributed by atoms with Crippen LogP contribution in [0.15, 0.2) is 61.1 Å². The molecule has 13 heteroatoms. The van der Waals surface area contributed by atoms with Crippen LogP contribution in [0, 0.1) is 0 Å². The number of pyridine rings is 1. The minimum absolute atomic E-state index is 0.168. The molecular formula is C30H29ClN8O4. The van der Waals surface area contributed by atoms with Crippen LogP contribution < -0.4 is 16.0 Å². The number of aromatic nitrogens is 5. The Morgan fingerprint density at radius 1 is 1.05 bits per heavy atom. The van der Waals surface area contributed by atoms with Crippen LogP contribution in [0.2, 0.25) is 5.02 Å². The van der Waals surface area contributed by atoms with Gasteiger partial charge in [0.25, 0.3) is 0 Å². The Bertz CT molecular complexity index is 1670. The second-order valence-corrected chi connectivity index (χ2v) is 10.3. The summed E-state index contributed by atoms with van der Waals surface area (Å²) < 4.78 is 6.23. The molecule has 43 heavy (non-hydrogen) atoms. The molecule has 2 aromatic heterocycles. The molecule has 4 aromatic rings. The number of rotatable bonds is 5. The highest BCUT2D eigenvalue weighted by Gasteiger charge is 2.19. The second-order valence-electron chi connectivity index (χ2n) is 9.84. The van der Waals surface area contributed by atoms with Crippen LogP contribution in [0.4, 0.5) is 21.9 Å². The second kappa shape index (κ2) is 13.7. The molecule has 0 atom stereocenters. The summed E-state index contributed by atoms with van der Waals surface area (Å²) in [5.41, 5.74) is 4.55. The van der Waals surface area contributed by atoms with E-state index in [1.54, 1.807) is 42.6 Å². The van der Waals surface area contributed by atoms with Gasteiger partial charge in [-0.15, -0.1) is 5.10 Å². The molecule has 0 saturated heterocycles. The van der Waals surface area contributed by atoms with Crippen molar-refractivity contribution in [1.29, 1.82) is 0 Å². The lowest BCUT2D eigenvalue weighted by atomic mass is 9.99. The number of nitrogens with one attached hydrogen (secondary N) is 3. The maximum atomic E-state index is 13.4. The van der Waals surface area contributed by atoms with E-state index in [-0.39, 0.29) is 5.91 Å². The summed E-state index contributed by atoms with van der Waals surface area (Å²) >= 11 is 6.22. The minimum Gasteiger partial charge on any atom is -0.453 e. The number of hydrogen-bond acceptors (Lipinski definition) is 8. The van der Waals surface area contributed by atoms with Gasteiger partial charge < -0.3 is 15.4 Å². The Labute approximate surface area is 252 Å². The number of halogens is 1. The quantitative estimate of drug-likeness (QED) is 0.248. The minimum atomic E-state index is -0.699. The number of tetrazole rings is 1. The van der Waals surface area contributed by atoms with Gasteiger partial charge >= 0.3 is 6.09 Å². The summed E-state index contributed by atoms with van der Waals surface area (Å²) in [7, 11) is 1.25. The molecule has 0 unspecified atom stereocenters. The molecule has 3 heterocycles. The third kappa shape index (κ3) is 7.60. The molecule has 0 aliphatic carbocycles. The van der Waals surface area contributed by atoms with Crippen LogP contribution >= 0.6 is 11.6 Å². The fraction of sp³-hybridized carbons (Fsp3) is 0.233. The van der Waals surface area contributed by atoms with Crippen molar-refractivity contribution in [2.45, 2.75) is 38.5 Å². The van der Waals surface area contributed by atoms with E-state index in [0.29, 0.717) is 45.3 Å². The first kappa shape index (κ1) is 29.4. The highest BCUT2D eigenvalue weighted by atomic mass is 35.5. The first-order valence-electron chi connectivity index (χ1n) is 13.7. The first-order valence-corrected chi connectivity index (χ1v) is 14.1. The predicted octanol–water partition coefficient (Wildman–Crippen LogP) is 5.65. The normalized spacial score (nSPS) is 13.6. The van der Waals surface area contributed by atoms with Crippen molar-refractivity contribution in [3.63, 3.8) is 0 Å². The smallest absolute Gasteiger partial charge is 0.411 e. The molecule has 12 nitrogen and oxygen atoms in total. The van der Waals surface area contributed by atoms with Gasteiger partial charge in [-0.25, -0.2) is 4.79 Å². The third-order valence-corrected chi connectivity index (χ3v) is 7.03. The van der Waals surface area contributed by atoms with Gasteiger partial charge in [0, 0.05) is 46.2 Å². The van der Waals surface area contributed by atoms with Gasteiger partial charge in [0.1, 0.15) is 6.33 Å². The van der Waals surface area contributed by atoms with Crippen molar-refractivity contribution in [1.82, 2.24) is 25.2 Å². The fourth-order valence-electron chi connectivity index (χ4n) is 4.80. The van der Waals surface area contributed by atoms with Crippen molar-refractivity contribution in [2.24, 2.45) is 0 Å². The van der Waals surface area contributed by atoms with E-state index in [1.165, 1.54) is 24.2 Å². The Morgan fingerprint density at radius 2 is 1.88 bits per heavy atom. The van der Waals surface area contributed by atoms with Crippen LogP contribution in [0.25, 0.3) is 22.9 Å². The van der Waals surface area contributed by atoms with E-state index in [1.807, 2.05) is 12.1 Å². The maximum absolute atomic E-state index is 13.4. The average molecular weight is 601 g/mol. The Morgan fingerprint density at radius 3 is 2.67 bits per heavy atom. The van der Waals surface area contributed by atoms with Gasteiger partial charge in [-0.3, -0.25) is 19.9 Å². The lowest BCUT2D eigenvalue weighted by Gasteiger charge is -2.19. The largest absolute Gasteiger partial charge is 0.453 e. The molecule has 0 fully saturated rings. The van der Waals surface area contributed by atoms with Crippen molar-refractivity contribution in [2.75, 3.05) is 23.1 Å². The SMILES string of the molecule is COC(=O)Nc1cc(NC(=O)C=Cc2cc(Cl)ccc2-n2cnnn2)c2c(c1)NC(=O)CCCCCCc1cc-2ccn1. The zero-order chi connectivity index (χ0) is 30.2. The van der Waals surface area contributed by atoms with Crippen LogP contribution in [0.3, 0.4) is 0 Å². The highest BCUT2D eigenvalue weighted by Crippen LogP contribution is 2.39. The number of amides is 3. The number of benzene rings is 2. The third-order valence-electron chi connectivity index (χ3n) is 6.79. The zero-order valence-electron chi connectivity index (χ0n) is 23.3. The summed E-state index contributed by atoms with van der Waals surface area (Å²) in [4.78, 5) is 42.9. The zero-order valence-corrected chi connectivity index (χ0v) is 24.1. The van der Waals surface area contributed by atoms with Crippen molar-refractivity contribution >= 4 is 52.6 Å². The topological polar surface area (TPSA) is 153 Å². The molecule has 0 radical (unpaired) electrons. The molecular weight excluding hydrogens is 572 g/mol. The lowest BCUT2D eigenvalue weighted by molar-refractivity contribution is -0.116. The molecule has 5 rings (SSSR count). The van der Waals surface area contributed by atoms with Gasteiger partial charge in [-0.1, -0.05) is 24.4 Å². The fourth-order valence-corrected chi connectivity index (χ4v) is 4.98. The number of nitrogens with zero attached hydrogens (tertiary/aromatic N) is 5. The molecule has 3 amide bonds. The van der Waals surface area contributed by atoms with Crippen LogP contribution in [0.1, 0.15) is 43.4 Å². The standard InChI is InChI=1S/C30H29ClN8O4/c1-43-30(42)34-23-16-24-29(20-12-13-32-22(15-20)6-4-2-3-5-7-27(40)35-24)25(17-23)36-28(41)11-8-19-14-21(31)9-10-26(19)39-18-33-37-38-39/h8-18H,2-7H2,1H3,(H,34,42)(H,35,40)(H,36,41). The predicted molar refractivity (Wildman–Crippen MR) is 163 cm³/mol. The van der Waals surface area contributed by atoms with Crippen LogP contribution in [0.5, 0.6) is 0 Å². The van der Waals surface area contributed by atoms with E-state index >= 15 is 0 Å². The van der Waals surface area contributed by atoms with Gasteiger partial charge in [-0.05, 0) is 83.8 Å². The monoisotopic (exact) mass is 600 g/mol. The molecule has 2 aromatic carbocycles. The Balaban J connectivity index is 1.56. The number of anilines is 3. The summed E-state index contributed by atoms with van der Waals surface area (Å²) in [6.45, 7) is 0. The highest BCUT2D eigenvalue weighted by molar-refractivity contribution is 6.30. The number of ether oxygens (including phenoxy) is 1. The first-order chi connectivity index (χ1) is 20.9. The van der Waals surface area contributed by atoms with E-state index in [9.17, 15) is 14.4 Å². The van der Waals surface area contributed by atoms with E-state index in [2.05, 4.69) is 36.5 Å². The lowest BCUT2D eigenvalue weighted by Crippen LogP contribution is -2.16. The van der Waals surface area contributed by atoms with Crippen molar-refractivity contribution in [3.8, 4) is 16.8 Å². The molecule has 3 N–H and O–H groups in total. The van der Waals surface area contributed by atoms with E-state index < -0.39 is 12.0 Å². The van der Waals surface area contributed by atoms with E-state index in [0.717, 1.165) is 43.4 Å². The van der Waals surface area contributed by atoms with Crippen LogP contribution in [-0.4, -0.2) is 50.2 Å². The molecule has 0 spiro atoms. The number of hydrogen-bond donors (Lipinski definition) is 3. The number of methoxy groups -OCH3 is 1. The molecule has 1 aliphatic rings. The number of aryl methyl sites for hydroxylation is 1. The Kier molecular flexibility index (Phi) is 9.37. The number of carbonyl (C=O) groups excluding carboxylic acids is 3. The average Bonchev–Trinajstić information content (AvgIpc) is 3.52. The van der Waals surface area contributed by atoms with Gasteiger partial charge in [0.2, 0.25) is 11.8 Å². The van der Waals surface area contributed by atoms with Gasteiger partial charge in [0.15, 0.2) is 0 Å². The summed E-state index contributed by atoms with van der Waals surface area (Å²) in [6.07, 6.45) is 10.2. The van der Waals surface area contributed by atoms with Crippen LogP contribution in [-0.2, 0) is 20.7 Å². The molecule has 220 valence electrons. The molecule has 2 bridgehead atoms.